The van der Waals surface area contributed by atoms with Gasteiger partial charge in [0.2, 0.25) is 0 Å². The molecule has 5 nitrogen and oxygen atoms in total. The quantitative estimate of drug-likeness (QED) is 0.477. The third-order valence-corrected chi connectivity index (χ3v) is 5.01. The van der Waals surface area contributed by atoms with Crippen molar-refractivity contribution < 1.29 is 4.79 Å². The Kier molecular flexibility index (Phi) is 5.56. The molecule has 0 aliphatic heterocycles. The van der Waals surface area contributed by atoms with Crippen molar-refractivity contribution in [3.05, 3.63) is 90.4 Å². The van der Waals surface area contributed by atoms with Crippen LogP contribution in [0.5, 0.6) is 0 Å². The van der Waals surface area contributed by atoms with Gasteiger partial charge in [0.25, 0.3) is 5.91 Å². The van der Waals surface area contributed by atoms with E-state index < -0.39 is 0 Å². The van der Waals surface area contributed by atoms with Gasteiger partial charge < -0.3 is 15.2 Å². The van der Waals surface area contributed by atoms with E-state index >= 15 is 0 Å². The molecule has 0 unspecified atom stereocenters. The highest BCUT2D eigenvalue weighted by Crippen LogP contribution is 2.19. The Labute approximate surface area is 170 Å². The number of hydrogen-bond donors (Lipinski definition) is 2. The van der Waals surface area contributed by atoms with Crippen LogP contribution in [0.15, 0.2) is 79.1 Å². The SMILES string of the molecule is CCN(C(=O)c1cc(NCCc2c[nH]c3ccccc23)ccn1)c1ccccc1. The summed E-state index contributed by atoms with van der Waals surface area (Å²) in [6, 6.07) is 21.7. The molecule has 0 radical (unpaired) electrons. The number of carbonyl (C=O) groups excluding carboxylic acids is 1. The van der Waals surface area contributed by atoms with Gasteiger partial charge in [0.05, 0.1) is 0 Å². The van der Waals surface area contributed by atoms with Crippen molar-refractivity contribution in [1.82, 2.24) is 9.97 Å². The molecule has 4 aromatic rings. The van der Waals surface area contributed by atoms with Crippen LogP contribution < -0.4 is 10.2 Å². The molecule has 0 aliphatic rings. The van der Waals surface area contributed by atoms with E-state index in [0.29, 0.717) is 12.2 Å². The predicted molar refractivity (Wildman–Crippen MR) is 119 cm³/mol. The van der Waals surface area contributed by atoms with Gasteiger partial charge in [-0.3, -0.25) is 9.78 Å². The second-order valence-electron chi connectivity index (χ2n) is 6.85. The average molecular weight is 384 g/mol. The molecule has 0 saturated carbocycles. The first kappa shape index (κ1) is 18.7. The molecule has 0 spiro atoms. The van der Waals surface area contributed by atoms with Gasteiger partial charge in [-0.1, -0.05) is 36.4 Å². The molecule has 29 heavy (non-hydrogen) atoms. The van der Waals surface area contributed by atoms with Crippen LogP contribution in [0, 0.1) is 0 Å². The van der Waals surface area contributed by atoms with E-state index in [1.165, 1.54) is 10.9 Å². The summed E-state index contributed by atoms with van der Waals surface area (Å²) in [6.07, 6.45) is 4.63. The summed E-state index contributed by atoms with van der Waals surface area (Å²) < 4.78 is 0. The maximum Gasteiger partial charge on any atom is 0.276 e. The summed E-state index contributed by atoms with van der Waals surface area (Å²) in [5.41, 5.74) is 4.64. The fraction of sp³-hybridized carbons (Fsp3) is 0.167. The molecule has 0 aliphatic carbocycles. The molecule has 0 saturated heterocycles. The molecule has 5 heteroatoms. The fourth-order valence-corrected chi connectivity index (χ4v) is 3.53. The lowest BCUT2D eigenvalue weighted by Gasteiger charge is -2.20. The van der Waals surface area contributed by atoms with Crippen LogP contribution in [0.2, 0.25) is 0 Å². The lowest BCUT2D eigenvalue weighted by atomic mass is 10.1. The molecule has 2 aromatic heterocycles. The maximum atomic E-state index is 13.0. The predicted octanol–water partition coefficient (Wildman–Crippen LogP) is 4.88. The Hall–Kier alpha value is -3.60. The van der Waals surface area contributed by atoms with Crippen LogP contribution in [0.4, 0.5) is 11.4 Å². The topological polar surface area (TPSA) is 61.0 Å². The molecular formula is C24H24N4O. The largest absolute Gasteiger partial charge is 0.385 e. The van der Waals surface area contributed by atoms with Crippen LogP contribution in [0.3, 0.4) is 0 Å². The van der Waals surface area contributed by atoms with Gasteiger partial charge in [-0.15, -0.1) is 0 Å². The highest BCUT2D eigenvalue weighted by Gasteiger charge is 2.17. The zero-order valence-corrected chi connectivity index (χ0v) is 16.4. The third-order valence-electron chi connectivity index (χ3n) is 5.01. The summed E-state index contributed by atoms with van der Waals surface area (Å²) in [5.74, 6) is -0.0982. The summed E-state index contributed by atoms with van der Waals surface area (Å²) in [4.78, 5) is 22.3. The Morgan fingerprint density at radius 2 is 1.86 bits per heavy atom. The number of nitrogens with zero attached hydrogens (tertiary/aromatic N) is 2. The first-order valence-electron chi connectivity index (χ1n) is 9.88. The maximum absolute atomic E-state index is 13.0. The Morgan fingerprint density at radius 1 is 1.07 bits per heavy atom. The van der Waals surface area contributed by atoms with Gasteiger partial charge in [0, 0.05) is 47.8 Å². The van der Waals surface area contributed by atoms with E-state index in [-0.39, 0.29) is 5.91 Å². The van der Waals surface area contributed by atoms with Crippen molar-refractivity contribution in [1.29, 1.82) is 0 Å². The van der Waals surface area contributed by atoms with Crippen molar-refractivity contribution in [2.24, 2.45) is 0 Å². The van der Waals surface area contributed by atoms with Crippen LogP contribution in [-0.4, -0.2) is 29.0 Å². The van der Waals surface area contributed by atoms with Crippen molar-refractivity contribution in [2.75, 3.05) is 23.3 Å². The molecule has 2 heterocycles. The molecule has 1 amide bonds. The van der Waals surface area contributed by atoms with Gasteiger partial charge in [-0.25, -0.2) is 0 Å². The standard InChI is InChI=1S/C24H24N4O/c1-2-28(20-8-4-3-5-9-20)24(29)23-16-19(13-15-26-23)25-14-12-18-17-27-22-11-7-6-10-21(18)22/h3-11,13,15-17,27H,2,12,14H2,1H3,(H,25,26). The molecule has 2 aromatic carbocycles. The van der Waals surface area contributed by atoms with Gasteiger partial charge >= 0.3 is 0 Å². The van der Waals surface area contributed by atoms with E-state index in [0.717, 1.165) is 29.9 Å². The van der Waals surface area contributed by atoms with Crippen molar-refractivity contribution in [3.8, 4) is 0 Å². The number of aromatic amines is 1. The summed E-state index contributed by atoms with van der Waals surface area (Å²) in [7, 11) is 0. The number of amides is 1. The van der Waals surface area contributed by atoms with E-state index in [4.69, 9.17) is 0 Å². The molecular weight excluding hydrogens is 360 g/mol. The smallest absolute Gasteiger partial charge is 0.276 e. The average Bonchev–Trinajstić information content (AvgIpc) is 3.18. The Balaban J connectivity index is 1.43. The van der Waals surface area contributed by atoms with Crippen molar-refractivity contribution in [3.63, 3.8) is 0 Å². The minimum absolute atomic E-state index is 0.0982. The summed E-state index contributed by atoms with van der Waals surface area (Å²) in [5, 5.41) is 4.67. The highest BCUT2D eigenvalue weighted by molar-refractivity contribution is 6.05. The minimum atomic E-state index is -0.0982. The lowest BCUT2D eigenvalue weighted by Crippen LogP contribution is -2.31. The molecule has 0 fully saturated rings. The number of fused-ring (bicyclic) bond motifs is 1. The summed E-state index contributed by atoms with van der Waals surface area (Å²) >= 11 is 0. The number of para-hydroxylation sites is 2. The normalized spacial score (nSPS) is 10.8. The first-order valence-corrected chi connectivity index (χ1v) is 9.88. The van der Waals surface area contributed by atoms with Gasteiger partial charge in [-0.05, 0) is 49.2 Å². The number of nitrogens with one attached hydrogen (secondary N) is 2. The molecule has 0 bridgehead atoms. The minimum Gasteiger partial charge on any atom is -0.385 e. The van der Waals surface area contributed by atoms with E-state index in [1.807, 2.05) is 55.5 Å². The monoisotopic (exact) mass is 384 g/mol. The number of pyridine rings is 1. The van der Waals surface area contributed by atoms with Crippen LogP contribution in [-0.2, 0) is 6.42 Å². The van der Waals surface area contributed by atoms with E-state index in [2.05, 4.69) is 39.7 Å². The van der Waals surface area contributed by atoms with Gasteiger partial charge in [-0.2, -0.15) is 0 Å². The molecule has 4 rings (SSSR count). The number of aromatic nitrogens is 2. The number of benzene rings is 2. The van der Waals surface area contributed by atoms with Crippen LogP contribution >= 0.6 is 0 Å². The highest BCUT2D eigenvalue weighted by atomic mass is 16.2. The van der Waals surface area contributed by atoms with E-state index in [9.17, 15) is 4.79 Å². The number of H-pyrrole nitrogens is 1. The zero-order valence-electron chi connectivity index (χ0n) is 16.4. The Morgan fingerprint density at radius 3 is 2.69 bits per heavy atom. The first-order chi connectivity index (χ1) is 14.3. The number of anilines is 2. The van der Waals surface area contributed by atoms with E-state index in [1.54, 1.807) is 11.1 Å². The Bertz CT molecular complexity index is 1100. The molecule has 0 atom stereocenters. The van der Waals surface area contributed by atoms with Crippen LogP contribution in [0.25, 0.3) is 10.9 Å². The summed E-state index contributed by atoms with van der Waals surface area (Å²) in [6.45, 7) is 3.33. The third kappa shape index (κ3) is 4.14. The zero-order chi connectivity index (χ0) is 20.1. The number of rotatable bonds is 7. The van der Waals surface area contributed by atoms with Crippen LogP contribution in [0.1, 0.15) is 23.0 Å². The second-order valence-corrected chi connectivity index (χ2v) is 6.85. The lowest BCUT2D eigenvalue weighted by molar-refractivity contribution is 0.0983. The van der Waals surface area contributed by atoms with Crippen molar-refractivity contribution >= 4 is 28.2 Å². The van der Waals surface area contributed by atoms with Crippen molar-refractivity contribution in [2.45, 2.75) is 13.3 Å². The second kappa shape index (κ2) is 8.61. The van der Waals surface area contributed by atoms with Gasteiger partial charge in [0.1, 0.15) is 5.69 Å². The number of carbonyl (C=O) groups is 1. The van der Waals surface area contributed by atoms with Gasteiger partial charge in [0.15, 0.2) is 0 Å². The molecule has 2 N–H and O–H groups in total. The fourth-order valence-electron chi connectivity index (χ4n) is 3.53. The number of hydrogen-bond acceptors (Lipinski definition) is 3. The molecule has 146 valence electrons.